The average Bonchev–Trinajstić information content (AvgIpc) is 2.43. The number of methoxy groups -OCH3 is 1. The molecule has 0 aliphatic heterocycles. The predicted molar refractivity (Wildman–Crippen MR) is 80.0 cm³/mol. The third-order valence-corrected chi connectivity index (χ3v) is 4.36. The quantitative estimate of drug-likeness (QED) is 0.618. The lowest BCUT2D eigenvalue weighted by Gasteiger charge is -2.29. The molecule has 0 fully saturated rings. The normalized spacial score (nSPS) is 16.7. The topological polar surface area (TPSA) is 29.5 Å². The first-order valence-corrected chi connectivity index (χ1v) is 7.68. The lowest BCUT2D eigenvalue weighted by atomic mass is 10.1. The molecule has 2 nitrogen and oxygen atoms in total. The van der Waals surface area contributed by atoms with E-state index in [1.807, 2.05) is 0 Å². The maximum Gasteiger partial charge on any atom is 0.416 e. The van der Waals surface area contributed by atoms with Crippen LogP contribution in [0.1, 0.15) is 24.5 Å². The molecule has 0 bridgehead atoms. The minimum absolute atomic E-state index is 0.0478. The number of hydrogen-bond donors (Lipinski definition) is 1. The average molecular weight is 338 g/mol. The highest BCUT2D eigenvalue weighted by atomic mass is 32.2. The molecule has 0 heterocycles. The van der Waals surface area contributed by atoms with Crippen LogP contribution < -0.4 is 0 Å². The maximum atomic E-state index is 13.7. The Morgan fingerprint density at radius 1 is 1.36 bits per heavy atom. The molecule has 0 saturated heterocycles. The van der Waals surface area contributed by atoms with Crippen LogP contribution in [0.3, 0.4) is 0 Å². The van der Waals surface area contributed by atoms with Gasteiger partial charge in [-0.1, -0.05) is 18.2 Å². The van der Waals surface area contributed by atoms with E-state index in [2.05, 4.69) is 0 Å². The molecule has 0 amide bonds. The molecule has 1 N–H and O–H groups in total. The van der Waals surface area contributed by atoms with Gasteiger partial charge in [0.15, 0.2) is 0 Å². The molecule has 0 aromatic heterocycles. The van der Waals surface area contributed by atoms with Crippen LogP contribution in [0.15, 0.2) is 24.3 Å². The van der Waals surface area contributed by atoms with Gasteiger partial charge in [-0.3, -0.25) is 0 Å². The molecule has 1 rings (SSSR count). The summed E-state index contributed by atoms with van der Waals surface area (Å²) in [7, 11) is 1.45. The second kappa shape index (κ2) is 7.48. The monoisotopic (exact) mass is 338 g/mol. The number of ether oxygens (including phenoxy) is 1. The third-order valence-electron chi connectivity index (χ3n) is 3.27. The number of benzene rings is 1. The fraction of sp³-hybridized carbons (Fsp3) is 0.467. The lowest BCUT2D eigenvalue weighted by Crippen LogP contribution is -2.36. The first-order valence-electron chi connectivity index (χ1n) is 6.45. The summed E-state index contributed by atoms with van der Waals surface area (Å²) in [6.45, 7) is 1.60. The Hall–Kier alpha value is -1.05. The van der Waals surface area contributed by atoms with E-state index >= 15 is 0 Å². The molecule has 0 spiro atoms. The van der Waals surface area contributed by atoms with Crippen molar-refractivity contribution in [2.24, 2.45) is 0 Å². The zero-order chi connectivity index (χ0) is 17.0. The summed E-state index contributed by atoms with van der Waals surface area (Å²) in [6.07, 6.45) is -0.129. The van der Waals surface area contributed by atoms with E-state index in [1.54, 1.807) is 19.3 Å². The van der Waals surface area contributed by atoms with E-state index in [0.717, 1.165) is 12.1 Å². The first-order chi connectivity index (χ1) is 10.1. The van der Waals surface area contributed by atoms with Gasteiger partial charge in [-0.2, -0.15) is 13.2 Å². The number of rotatable bonds is 6. The SMILES string of the molecule is CO[C@H](C/C=C/c1ccc(C(F)(F)F)cc1F)[C@@](C)(O)SC. The Morgan fingerprint density at radius 2 is 2.00 bits per heavy atom. The molecule has 0 unspecified atom stereocenters. The Balaban J connectivity index is 2.83. The van der Waals surface area contributed by atoms with Crippen LogP contribution in [0.4, 0.5) is 17.6 Å². The maximum absolute atomic E-state index is 13.7. The molecule has 1 aromatic carbocycles. The number of thioether (sulfide) groups is 1. The zero-order valence-electron chi connectivity index (χ0n) is 12.4. The van der Waals surface area contributed by atoms with Crippen molar-refractivity contribution in [3.63, 3.8) is 0 Å². The Kier molecular flexibility index (Phi) is 6.46. The van der Waals surface area contributed by atoms with Gasteiger partial charge >= 0.3 is 6.18 Å². The van der Waals surface area contributed by atoms with E-state index in [-0.39, 0.29) is 5.56 Å². The molecule has 22 heavy (non-hydrogen) atoms. The van der Waals surface area contributed by atoms with Gasteiger partial charge in [0, 0.05) is 12.7 Å². The molecule has 1 aromatic rings. The second-order valence-electron chi connectivity index (χ2n) is 4.86. The molecule has 0 aliphatic carbocycles. The summed E-state index contributed by atoms with van der Waals surface area (Å²) in [4.78, 5) is -1.11. The van der Waals surface area contributed by atoms with Gasteiger partial charge < -0.3 is 9.84 Å². The fourth-order valence-electron chi connectivity index (χ4n) is 1.82. The molecule has 124 valence electrons. The van der Waals surface area contributed by atoms with Crippen LogP contribution in [0.2, 0.25) is 0 Å². The van der Waals surface area contributed by atoms with Crippen LogP contribution in [-0.4, -0.2) is 29.5 Å². The third kappa shape index (κ3) is 5.00. The van der Waals surface area contributed by atoms with E-state index < -0.39 is 28.6 Å². The highest BCUT2D eigenvalue weighted by Crippen LogP contribution is 2.31. The van der Waals surface area contributed by atoms with Crippen molar-refractivity contribution < 1.29 is 27.4 Å². The van der Waals surface area contributed by atoms with Crippen molar-refractivity contribution in [2.45, 2.75) is 30.6 Å². The van der Waals surface area contributed by atoms with Crippen LogP contribution in [-0.2, 0) is 10.9 Å². The largest absolute Gasteiger partial charge is 0.416 e. The van der Waals surface area contributed by atoms with Gasteiger partial charge in [0.1, 0.15) is 10.8 Å². The zero-order valence-corrected chi connectivity index (χ0v) is 13.3. The second-order valence-corrected chi connectivity index (χ2v) is 6.09. The number of alkyl halides is 3. The fourth-order valence-corrected chi connectivity index (χ4v) is 2.28. The summed E-state index contributed by atoms with van der Waals surface area (Å²) in [5.41, 5.74) is -0.978. The smallest absolute Gasteiger partial charge is 0.377 e. The van der Waals surface area contributed by atoms with Gasteiger partial charge in [0.25, 0.3) is 0 Å². The van der Waals surface area contributed by atoms with E-state index in [4.69, 9.17) is 4.74 Å². The molecular formula is C15H18F4O2S. The summed E-state index contributed by atoms with van der Waals surface area (Å²) < 4.78 is 56.2. The molecular weight excluding hydrogens is 320 g/mol. The summed E-state index contributed by atoms with van der Waals surface area (Å²) in [6, 6.07) is 2.36. The van der Waals surface area contributed by atoms with Crippen molar-refractivity contribution >= 4 is 17.8 Å². The van der Waals surface area contributed by atoms with Crippen LogP contribution in [0.5, 0.6) is 0 Å². The van der Waals surface area contributed by atoms with Gasteiger partial charge in [0.05, 0.1) is 11.7 Å². The Morgan fingerprint density at radius 3 is 2.45 bits per heavy atom. The minimum Gasteiger partial charge on any atom is -0.377 e. The summed E-state index contributed by atoms with van der Waals surface area (Å²) in [5, 5.41) is 10.1. The van der Waals surface area contributed by atoms with E-state index in [9.17, 15) is 22.7 Å². The number of hydrogen-bond acceptors (Lipinski definition) is 3. The molecule has 0 radical (unpaired) electrons. The van der Waals surface area contributed by atoms with Crippen LogP contribution in [0.25, 0.3) is 6.08 Å². The highest BCUT2D eigenvalue weighted by Gasteiger charge is 2.31. The van der Waals surface area contributed by atoms with Crippen LogP contribution in [0, 0.1) is 5.82 Å². The van der Waals surface area contributed by atoms with Crippen molar-refractivity contribution in [1.82, 2.24) is 0 Å². The molecule has 0 saturated carbocycles. The Bertz CT molecular complexity index is 527. The lowest BCUT2D eigenvalue weighted by molar-refractivity contribution is -0.137. The van der Waals surface area contributed by atoms with E-state index in [1.165, 1.54) is 24.9 Å². The summed E-state index contributed by atoms with van der Waals surface area (Å²) in [5.74, 6) is -0.948. The minimum atomic E-state index is -4.57. The van der Waals surface area contributed by atoms with Gasteiger partial charge in [0.2, 0.25) is 0 Å². The van der Waals surface area contributed by atoms with Gasteiger partial charge in [-0.25, -0.2) is 4.39 Å². The predicted octanol–water partition coefficient (Wildman–Crippen LogP) is 4.33. The summed E-state index contributed by atoms with van der Waals surface area (Å²) >= 11 is 1.21. The molecule has 7 heteroatoms. The van der Waals surface area contributed by atoms with Crippen molar-refractivity contribution in [1.29, 1.82) is 0 Å². The molecule has 0 aliphatic rings. The first kappa shape index (κ1) is 19.0. The standard InChI is InChI=1S/C15H18F4O2S/c1-14(20,22-3)13(21-2)6-4-5-10-7-8-11(9-12(10)16)15(17,18)19/h4-5,7-9,13,20H,6H2,1-3H3/b5-4+/t13-,14+/m1/s1. The van der Waals surface area contributed by atoms with Gasteiger partial charge in [-0.05, 0) is 31.7 Å². The number of aliphatic hydroxyl groups is 1. The number of halogens is 4. The van der Waals surface area contributed by atoms with Crippen molar-refractivity contribution in [3.8, 4) is 0 Å². The highest BCUT2D eigenvalue weighted by molar-refractivity contribution is 7.99. The van der Waals surface area contributed by atoms with Gasteiger partial charge in [-0.15, -0.1) is 11.8 Å². The Labute approximate surface area is 131 Å². The molecule has 2 atom stereocenters. The van der Waals surface area contributed by atoms with E-state index in [0.29, 0.717) is 12.5 Å². The van der Waals surface area contributed by atoms with Crippen LogP contribution >= 0.6 is 11.8 Å². The van der Waals surface area contributed by atoms with Crippen molar-refractivity contribution in [3.05, 3.63) is 41.2 Å². The van der Waals surface area contributed by atoms with Crippen molar-refractivity contribution in [2.75, 3.05) is 13.4 Å².